The van der Waals surface area contributed by atoms with Crippen LogP contribution in [0.2, 0.25) is 4.34 Å². The van der Waals surface area contributed by atoms with Crippen molar-refractivity contribution < 1.29 is 38.8 Å². The monoisotopic (exact) mass is 632 g/mol. The molecule has 3 aromatic heterocycles. The zero-order valence-corrected chi connectivity index (χ0v) is 24.1. The van der Waals surface area contributed by atoms with E-state index in [0.29, 0.717) is 11.3 Å². The van der Waals surface area contributed by atoms with Gasteiger partial charge in [-0.1, -0.05) is 28.1 Å². The molecule has 2 unspecified atom stereocenters. The Labute approximate surface area is 250 Å². The Morgan fingerprint density at radius 3 is 2.64 bits per heavy atom. The SMILES string of the molecule is C[C@H](O/N=C(\C(=O)NC1C(=O)N2C(C(=O)O)=C(C[n+]3ccc(-c4cc[nH]c4)cc3)CSC12)c1nc(N)sc1Cl)C(=O)O. The number of anilines is 1. The van der Waals surface area contributed by atoms with Crippen LogP contribution in [0.5, 0.6) is 0 Å². The van der Waals surface area contributed by atoms with Gasteiger partial charge in [0.2, 0.25) is 6.10 Å². The van der Waals surface area contributed by atoms with E-state index in [1.807, 2.05) is 47.6 Å². The molecule has 2 amide bonds. The molecule has 6 N–H and O–H groups in total. The number of H-pyrrole nitrogens is 1. The number of thioether (sulfide) groups is 1. The van der Waals surface area contributed by atoms with Crippen LogP contribution in [0.1, 0.15) is 12.6 Å². The van der Waals surface area contributed by atoms with Crippen molar-refractivity contribution >= 4 is 69.3 Å². The van der Waals surface area contributed by atoms with Crippen LogP contribution in [0.3, 0.4) is 0 Å². The van der Waals surface area contributed by atoms with Gasteiger partial charge in [0.05, 0.1) is 0 Å². The minimum absolute atomic E-state index is 0.000882. The number of nitrogens with zero attached hydrogens (tertiary/aromatic N) is 4. The number of thiazole rings is 1. The fraction of sp³-hybridized carbons (Fsp3) is 0.240. The third kappa shape index (κ3) is 5.68. The number of rotatable bonds is 10. The zero-order valence-electron chi connectivity index (χ0n) is 21.7. The number of carboxylic acids is 2. The van der Waals surface area contributed by atoms with Crippen molar-refractivity contribution in [2.24, 2.45) is 5.16 Å². The molecule has 3 atom stereocenters. The minimum atomic E-state index is -1.40. The lowest BCUT2D eigenvalue weighted by atomic mass is 10.0. The summed E-state index contributed by atoms with van der Waals surface area (Å²) >= 11 is 8.31. The van der Waals surface area contributed by atoms with Crippen LogP contribution >= 0.6 is 34.7 Å². The van der Waals surface area contributed by atoms with Crippen molar-refractivity contribution in [3.05, 3.63) is 64.3 Å². The third-order valence-corrected chi connectivity index (χ3v) is 8.85. The van der Waals surface area contributed by atoms with Crippen molar-refractivity contribution in [2.75, 3.05) is 11.5 Å². The van der Waals surface area contributed by atoms with Gasteiger partial charge in [-0.15, -0.1) is 11.8 Å². The number of aromatic nitrogens is 3. The van der Waals surface area contributed by atoms with Gasteiger partial charge in [0.15, 0.2) is 29.8 Å². The smallest absolute Gasteiger partial charge is 0.352 e. The molecule has 1 saturated heterocycles. The second-order valence-electron chi connectivity index (χ2n) is 9.18. The van der Waals surface area contributed by atoms with E-state index in [-0.39, 0.29) is 27.4 Å². The maximum atomic E-state index is 13.2. The summed E-state index contributed by atoms with van der Waals surface area (Å²) in [5, 5.41) is 24.6. The Bertz CT molecular complexity index is 1620. The number of nitrogens with two attached hydrogens (primary N) is 1. The highest BCUT2D eigenvalue weighted by molar-refractivity contribution is 8.00. The molecule has 0 saturated carbocycles. The highest BCUT2D eigenvalue weighted by Gasteiger charge is 2.55. The molecule has 0 aromatic carbocycles. The summed E-state index contributed by atoms with van der Waals surface area (Å²) in [4.78, 5) is 62.9. The predicted octanol–water partition coefficient (Wildman–Crippen LogP) is 1.29. The number of aromatic amines is 1. The first kappa shape index (κ1) is 29.1. The number of nitrogens with one attached hydrogen (secondary N) is 2. The largest absolute Gasteiger partial charge is 0.478 e. The zero-order chi connectivity index (χ0) is 30.1. The second-order valence-corrected chi connectivity index (χ2v) is 11.9. The number of carbonyl (C=O) groups excluding carboxylic acids is 2. The van der Waals surface area contributed by atoms with Crippen LogP contribution in [0.25, 0.3) is 11.1 Å². The Morgan fingerprint density at radius 2 is 2.05 bits per heavy atom. The van der Waals surface area contributed by atoms with E-state index in [2.05, 4.69) is 20.4 Å². The molecule has 0 spiro atoms. The third-order valence-electron chi connectivity index (χ3n) is 6.42. The summed E-state index contributed by atoms with van der Waals surface area (Å²) in [5.74, 6) is -3.86. The summed E-state index contributed by atoms with van der Waals surface area (Å²) in [6, 6.07) is 4.66. The average molecular weight is 633 g/mol. The van der Waals surface area contributed by atoms with Crippen LogP contribution in [-0.4, -0.2) is 77.8 Å². The molecule has 3 aromatic rings. The molecular weight excluding hydrogens is 610 g/mol. The van der Waals surface area contributed by atoms with Crippen molar-refractivity contribution in [3.8, 4) is 11.1 Å². The van der Waals surface area contributed by atoms with Crippen molar-refractivity contribution in [3.63, 3.8) is 0 Å². The van der Waals surface area contributed by atoms with Crippen molar-refractivity contribution in [1.82, 2.24) is 20.2 Å². The van der Waals surface area contributed by atoms with Crippen LogP contribution in [-0.2, 0) is 30.6 Å². The van der Waals surface area contributed by atoms with Gasteiger partial charge in [-0.05, 0) is 24.1 Å². The Balaban J connectivity index is 1.34. The highest BCUT2D eigenvalue weighted by atomic mass is 35.5. The number of aliphatic carboxylic acids is 2. The molecule has 2 aliphatic rings. The molecule has 218 valence electrons. The van der Waals surface area contributed by atoms with E-state index in [4.69, 9.17) is 27.3 Å². The summed E-state index contributed by atoms with van der Waals surface area (Å²) in [6.07, 6.45) is 5.95. The van der Waals surface area contributed by atoms with E-state index >= 15 is 0 Å². The van der Waals surface area contributed by atoms with Gasteiger partial charge in [0.1, 0.15) is 27.1 Å². The molecule has 0 bridgehead atoms. The second kappa shape index (κ2) is 11.8. The standard InChI is InChI=1S/C25H22ClN7O7S2/c1-11(23(36)37)40-31-16(15-19(26)42-25(27)30-15)20(34)29-17-21(35)33-18(24(38)39)14(10-41-22(17)33)9-32-6-3-12(4-7-32)13-2-5-28-8-13/h2-8,11,17,22H,9-10H2,1H3,(H5,27,29,30,34,36,37,38,39)/p+1/b31-16-/t11-,17?,22?/m0/s1. The summed E-state index contributed by atoms with van der Waals surface area (Å²) in [5.41, 5.74) is 7.44. The Morgan fingerprint density at radius 1 is 1.31 bits per heavy atom. The van der Waals surface area contributed by atoms with Crippen molar-refractivity contribution in [1.29, 1.82) is 0 Å². The lowest BCUT2D eigenvalue weighted by Crippen LogP contribution is -2.71. The normalized spacial score (nSPS) is 19.1. The fourth-order valence-electron chi connectivity index (χ4n) is 4.33. The molecule has 1 fully saturated rings. The first-order valence-electron chi connectivity index (χ1n) is 12.3. The quantitative estimate of drug-likeness (QED) is 0.0937. The molecule has 0 aliphatic carbocycles. The maximum Gasteiger partial charge on any atom is 0.352 e. The summed E-state index contributed by atoms with van der Waals surface area (Å²) in [6.45, 7) is 1.45. The number of pyridine rings is 1. The number of fused-ring (bicyclic) bond motifs is 1. The van der Waals surface area contributed by atoms with E-state index in [9.17, 15) is 24.3 Å². The Kier molecular flexibility index (Phi) is 8.20. The molecule has 5 rings (SSSR count). The maximum absolute atomic E-state index is 13.2. The molecular formula is C25H23ClN7O7S2+. The van der Waals surface area contributed by atoms with Gasteiger partial charge in [0.25, 0.3) is 11.8 Å². The van der Waals surface area contributed by atoms with E-state index in [0.717, 1.165) is 27.4 Å². The number of nitrogen functional groups attached to an aromatic ring is 1. The number of carbonyl (C=O) groups is 4. The van der Waals surface area contributed by atoms with Gasteiger partial charge in [-0.3, -0.25) is 14.5 Å². The number of amides is 2. The van der Waals surface area contributed by atoms with Crippen LogP contribution in [0.4, 0.5) is 5.13 Å². The summed E-state index contributed by atoms with van der Waals surface area (Å²) < 4.78 is 1.82. The van der Waals surface area contributed by atoms with Crippen LogP contribution in [0, 0.1) is 0 Å². The predicted molar refractivity (Wildman–Crippen MR) is 152 cm³/mol. The number of halogens is 1. The molecule has 42 heavy (non-hydrogen) atoms. The van der Waals surface area contributed by atoms with Gasteiger partial charge < -0.3 is 31.1 Å². The first-order chi connectivity index (χ1) is 20.0. The van der Waals surface area contributed by atoms with Gasteiger partial charge in [-0.2, -0.15) is 0 Å². The van der Waals surface area contributed by atoms with Gasteiger partial charge in [0, 0.05) is 35.9 Å². The van der Waals surface area contributed by atoms with Gasteiger partial charge >= 0.3 is 11.9 Å². The van der Waals surface area contributed by atoms with Crippen LogP contribution < -0.4 is 15.6 Å². The highest BCUT2D eigenvalue weighted by Crippen LogP contribution is 2.40. The lowest BCUT2D eigenvalue weighted by molar-refractivity contribution is -0.689. The summed E-state index contributed by atoms with van der Waals surface area (Å²) in [7, 11) is 0. The van der Waals surface area contributed by atoms with E-state index < -0.39 is 47.0 Å². The van der Waals surface area contributed by atoms with Crippen LogP contribution in [0.15, 0.2) is 59.4 Å². The number of carboxylic acid groups (broad SMARTS) is 2. The molecule has 0 radical (unpaired) electrons. The molecule has 14 nitrogen and oxygen atoms in total. The molecule has 2 aliphatic heterocycles. The van der Waals surface area contributed by atoms with Gasteiger partial charge in [-0.25, -0.2) is 19.1 Å². The minimum Gasteiger partial charge on any atom is -0.478 e. The first-order valence-corrected chi connectivity index (χ1v) is 14.5. The molecule has 17 heteroatoms. The van der Waals surface area contributed by atoms with Crippen molar-refractivity contribution in [2.45, 2.75) is 31.0 Å². The average Bonchev–Trinajstić information content (AvgIpc) is 3.61. The lowest BCUT2D eigenvalue weighted by Gasteiger charge is -2.49. The van der Waals surface area contributed by atoms with E-state index in [1.165, 1.54) is 18.7 Å². The number of β-lactam (4-membered cyclic amide) rings is 1. The topological polar surface area (TPSA) is 204 Å². The number of oxime groups is 1. The molecule has 5 heterocycles. The Hall–Kier alpha value is -4.41. The fourth-order valence-corrected chi connectivity index (χ4v) is 6.59. The number of hydrogen-bond acceptors (Lipinski definition) is 10. The number of hydrogen-bond donors (Lipinski definition) is 5. The van der Waals surface area contributed by atoms with E-state index in [1.54, 1.807) is 0 Å².